The number of sulfone groups is 1. The van der Waals surface area contributed by atoms with Gasteiger partial charge in [0, 0.05) is 19.7 Å². The molecule has 2 unspecified atom stereocenters. The molecule has 0 bridgehead atoms. The van der Waals surface area contributed by atoms with E-state index in [-0.39, 0.29) is 6.42 Å². The number of halogens is 1. The minimum atomic E-state index is -3.24. The predicted molar refractivity (Wildman–Crippen MR) is 69.7 cm³/mol. The lowest BCUT2D eigenvalue weighted by Crippen LogP contribution is -2.32. The van der Waals surface area contributed by atoms with Gasteiger partial charge in [-0.25, -0.2) is 8.42 Å². The van der Waals surface area contributed by atoms with Crippen molar-refractivity contribution in [3.05, 3.63) is 15.9 Å². The Morgan fingerprint density at radius 1 is 1.53 bits per heavy atom. The molecule has 98 valence electrons. The largest absolute Gasteiger partial charge is 0.391 e. The standard InChI is InChI=1S/C10H17BrN2O3S/c1-6-10(11)8(13(3)12-6)5-9(14)7(2)17(4,15)16/h7,9,14H,5H2,1-4H3. The summed E-state index contributed by atoms with van der Waals surface area (Å²) in [5.41, 5.74) is 1.62. The molecule has 5 nitrogen and oxygen atoms in total. The molecule has 0 aliphatic heterocycles. The molecule has 1 aromatic rings. The molecule has 0 aromatic carbocycles. The predicted octanol–water partition coefficient (Wildman–Crippen LogP) is 0.828. The van der Waals surface area contributed by atoms with Crippen LogP contribution >= 0.6 is 15.9 Å². The minimum Gasteiger partial charge on any atom is -0.391 e. The van der Waals surface area contributed by atoms with Crippen LogP contribution in [0.3, 0.4) is 0 Å². The van der Waals surface area contributed by atoms with E-state index in [9.17, 15) is 13.5 Å². The van der Waals surface area contributed by atoms with Crippen LogP contribution in [0.25, 0.3) is 0 Å². The maximum atomic E-state index is 11.3. The van der Waals surface area contributed by atoms with E-state index in [1.54, 1.807) is 11.7 Å². The Balaban J connectivity index is 2.92. The van der Waals surface area contributed by atoms with Crippen molar-refractivity contribution in [2.24, 2.45) is 7.05 Å². The van der Waals surface area contributed by atoms with Gasteiger partial charge in [-0.1, -0.05) is 0 Å². The molecule has 0 spiro atoms. The number of hydrogen-bond donors (Lipinski definition) is 1. The Hall–Kier alpha value is -0.400. The van der Waals surface area contributed by atoms with Gasteiger partial charge < -0.3 is 5.11 Å². The Kier molecular flexibility index (Phi) is 4.38. The van der Waals surface area contributed by atoms with Crippen molar-refractivity contribution in [1.82, 2.24) is 9.78 Å². The molecule has 0 saturated carbocycles. The first-order chi connectivity index (χ1) is 7.64. The highest BCUT2D eigenvalue weighted by Crippen LogP contribution is 2.22. The maximum Gasteiger partial charge on any atom is 0.152 e. The normalized spacial score (nSPS) is 15.9. The smallest absolute Gasteiger partial charge is 0.152 e. The van der Waals surface area contributed by atoms with Crippen LogP contribution in [0.4, 0.5) is 0 Å². The molecular formula is C10H17BrN2O3S. The summed E-state index contributed by atoms with van der Waals surface area (Å²) in [5, 5.41) is 13.3. The molecular weight excluding hydrogens is 308 g/mol. The summed E-state index contributed by atoms with van der Waals surface area (Å²) in [4.78, 5) is 0. The lowest BCUT2D eigenvalue weighted by Gasteiger charge is -2.17. The van der Waals surface area contributed by atoms with Gasteiger partial charge in [0.15, 0.2) is 9.84 Å². The van der Waals surface area contributed by atoms with E-state index in [2.05, 4.69) is 21.0 Å². The van der Waals surface area contributed by atoms with Crippen LogP contribution in [-0.2, 0) is 23.3 Å². The van der Waals surface area contributed by atoms with Gasteiger partial charge in [-0.3, -0.25) is 4.68 Å². The number of nitrogens with zero attached hydrogens (tertiary/aromatic N) is 2. The van der Waals surface area contributed by atoms with Crippen molar-refractivity contribution >= 4 is 25.8 Å². The third-order valence-corrected chi connectivity index (χ3v) is 5.58. The number of aryl methyl sites for hydroxylation is 2. The summed E-state index contributed by atoms with van der Waals surface area (Å²) in [7, 11) is -1.47. The molecule has 0 aliphatic rings. The van der Waals surface area contributed by atoms with Crippen molar-refractivity contribution in [3.63, 3.8) is 0 Å². The molecule has 2 atom stereocenters. The van der Waals surface area contributed by atoms with Crippen molar-refractivity contribution in [2.75, 3.05) is 6.26 Å². The molecule has 7 heteroatoms. The number of aromatic nitrogens is 2. The molecule has 0 fully saturated rings. The molecule has 0 amide bonds. The average Bonchev–Trinajstić information content (AvgIpc) is 2.42. The molecule has 0 radical (unpaired) electrons. The van der Waals surface area contributed by atoms with Crippen molar-refractivity contribution in [1.29, 1.82) is 0 Å². The van der Waals surface area contributed by atoms with Crippen LogP contribution in [-0.4, -0.2) is 40.9 Å². The number of aliphatic hydroxyl groups excluding tert-OH is 1. The fraction of sp³-hybridized carbons (Fsp3) is 0.700. The quantitative estimate of drug-likeness (QED) is 0.890. The van der Waals surface area contributed by atoms with Crippen LogP contribution in [0.15, 0.2) is 4.47 Å². The van der Waals surface area contributed by atoms with E-state index in [1.165, 1.54) is 6.92 Å². The number of aliphatic hydroxyl groups is 1. The lowest BCUT2D eigenvalue weighted by atomic mass is 10.1. The minimum absolute atomic E-state index is 0.256. The highest BCUT2D eigenvalue weighted by molar-refractivity contribution is 9.10. The highest BCUT2D eigenvalue weighted by atomic mass is 79.9. The fourth-order valence-electron chi connectivity index (χ4n) is 1.55. The SMILES string of the molecule is Cc1nn(C)c(CC(O)C(C)S(C)(=O)=O)c1Br. The molecule has 0 saturated heterocycles. The van der Waals surface area contributed by atoms with E-state index >= 15 is 0 Å². The first kappa shape index (κ1) is 14.7. The zero-order valence-corrected chi connectivity index (χ0v) is 12.7. The van der Waals surface area contributed by atoms with Crippen molar-refractivity contribution in [2.45, 2.75) is 31.6 Å². The third-order valence-electron chi connectivity index (χ3n) is 2.88. The zero-order valence-electron chi connectivity index (χ0n) is 10.3. The Labute approximate surface area is 110 Å². The Morgan fingerprint density at radius 2 is 2.06 bits per heavy atom. The van der Waals surface area contributed by atoms with E-state index in [0.29, 0.717) is 0 Å². The molecule has 1 N–H and O–H groups in total. The zero-order chi connectivity index (χ0) is 13.4. The summed E-state index contributed by atoms with van der Waals surface area (Å²) >= 11 is 3.39. The van der Waals surface area contributed by atoms with E-state index in [1.807, 2.05) is 6.92 Å². The van der Waals surface area contributed by atoms with Crippen LogP contribution in [0.1, 0.15) is 18.3 Å². The number of hydrogen-bond acceptors (Lipinski definition) is 4. The van der Waals surface area contributed by atoms with Crippen LogP contribution in [0.5, 0.6) is 0 Å². The van der Waals surface area contributed by atoms with Gasteiger partial charge >= 0.3 is 0 Å². The first-order valence-electron chi connectivity index (χ1n) is 5.19. The first-order valence-corrected chi connectivity index (χ1v) is 7.94. The highest BCUT2D eigenvalue weighted by Gasteiger charge is 2.26. The van der Waals surface area contributed by atoms with Gasteiger partial charge in [0.05, 0.1) is 27.2 Å². The summed E-state index contributed by atoms with van der Waals surface area (Å²) in [6.07, 6.45) is 0.451. The average molecular weight is 325 g/mol. The van der Waals surface area contributed by atoms with Gasteiger partial charge in [-0.2, -0.15) is 5.10 Å². The van der Waals surface area contributed by atoms with Crippen molar-refractivity contribution < 1.29 is 13.5 Å². The van der Waals surface area contributed by atoms with E-state index < -0.39 is 21.2 Å². The van der Waals surface area contributed by atoms with Gasteiger partial charge in [0.2, 0.25) is 0 Å². The monoisotopic (exact) mass is 324 g/mol. The fourth-order valence-corrected chi connectivity index (χ4v) is 2.72. The molecule has 0 aliphatic carbocycles. The Bertz CT molecular complexity index is 510. The topological polar surface area (TPSA) is 72.2 Å². The molecule has 1 rings (SSSR count). The summed E-state index contributed by atoms with van der Waals surface area (Å²) in [6.45, 7) is 3.36. The molecule has 1 aromatic heterocycles. The summed E-state index contributed by atoms with van der Waals surface area (Å²) in [6, 6.07) is 0. The van der Waals surface area contributed by atoms with Gasteiger partial charge in [-0.15, -0.1) is 0 Å². The second-order valence-corrected chi connectivity index (χ2v) is 7.47. The summed E-state index contributed by atoms with van der Waals surface area (Å²) in [5.74, 6) is 0. The third kappa shape index (κ3) is 3.29. The van der Waals surface area contributed by atoms with E-state index in [4.69, 9.17) is 0 Å². The molecule has 1 heterocycles. The van der Waals surface area contributed by atoms with Gasteiger partial charge in [-0.05, 0) is 29.8 Å². The van der Waals surface area contributed by atoms with Gasteiger partial charge in [0.25, 0.3) is 0 Å². The lowest BCUT2D eigenvalue weighted by molar-refractivity contribution is 0.170. The van der Waals surface area contributed by atoms with Gasteiger partial charge in [0.1, 0.15) is 0 Å². The maximum absolute atomic E-state index is 11.3. The second kappa shape index (κ2) is 5.07. The van der Waals surface area contributed by atoms with Crippen LogP contribution in [0.2, 0.25) is 0 Å². The molecule has 17 heavy (non-hydrogen) atoms. The van der Waals surface area contributed by atoms with Crippen LogP contribution in [0, 0.1) is 6.92 Å². The van der Waals surface area contributed by atoms with E-state index in [0.717, 1.165) is 22.1 Å². The second-order valence-electron chi connectivity index (χ2n) is 4.28. The van der Waals surface area contributed by atoms with Crippen molar-refractivity contribution in [3.8, 4) is 0 Å². The summed E-state index contributed by atoms with van der Waals surface area (Å²) < 4.78 is 25.2. The Morgan fingerprint density at radius 3 is 2.41 bits per heavy atom. The van der Waals surface area contributed by atoms with Crippen LogP contribution < -0.4 is 0 Å². The number of rotatable bonds is 4.